The number of fused-ring (bicyclic) bond motifs is 1. The molecule has 1 aromatic heterocycles. The van der Waals surface area contributed by atoms with Gasteiger partial charge in [-0.15, -0.1) is 0 Å². The van der Waals surface area contributed by atoms with Gasteiger partial charge in [0.05, 0.1) is 17.8 Å². The van der Waals surface area contributed by atoms with Crippen molar-refractivity contribution in [1.82, 2.24) is 10.2 Å². The van der Waals surface area contributed by atoms with Crippen LogP contribution in [0, 0.1) is 5.41 Å². The SMILES string of the molecule is CCOC1CC(Nc2ccc3[nH]ncc3c2)C12CCCC2. The van der Waals surface area contributed by atoms with Crippen molar-refractivity contribution < 1.29 is 4.74 Å². The lowest BCUT2D eigenvalue weighted by atomic mass is 9.60. The third-order valence-electron chi connectivity index (χ3n) is 5.47. The molecule has 0 aliphatic heterocycles. The van der Waals surface area contributed by atoms with Crippen LogP contribution >= 0.6 is 0 Å². The molecule has 2 fully saturated rings. The van der Waals surface area contributed by atoms with Crippen molar-refractivity contribution in [2.75, 3.05) is 11.9 Å². The summed E-state index contributed by atoms with van der Waals surface area (Å²) in [6, 6.07) is 7.00. The van der Waals surface area contributed by atoms with Crippen molar-refractivity contribution in [1.29, 1.82) is 0 Å². The van der Waals surface area contributed by atoms with Crippen molar-refractivity contribution in [3.05, 3.63) is 24.4 Å². The number of hydrogen-bond donors (Lipinski definition) is 2. The second-order valence-corrected chi connectivity index (χ2v) is 6.49. The van der Waals surface area contributed by atoms with Gasteiger partial charge in [0.1, 0.15) is 0 Å². The Morgan fingerprint density at radius 3 is 3.05 bits per heavy atom. The van der Waals surface area contributed by atoms with Crippen LogP contribution in [0.2, 0.25) is 0 Å². The van der Waals surface area contributed by atoms with Crippen LogP contribution in [0.25, 0.3) is 10.9 Å². The lowest BCUT2D eigenvalue weighted by Gasteiger charge is -2.54. The standard InChI is InChI=1S/C17H23N3O/c1-2-21-16-10-15(17(16)7-3-4-8-17)19-13-5-6-14-12(9-13)11-18-20-14/h5-6,9,11,15-16,19H,2-4,7-8,10H2,1H3,(H,18,20). The molecule has 0 bridgehead atoms. The molecule has 1 heterocycles. The van der Waals surface area contributed by atoms with E-state index in [1.807, 2.05) is 6.20 Å². The highest BCUT2D eigenvalue weighted by molar-refractivity contribution is 5.81. The van der Waals surface area contributed by atoms with Gasteiger partial charge < -0.3 is 10.1 Å². The number of H-pyrrole nitrogens is 1. The van der Waals surface area contributed by atoms with Crippen LogP contribution in [-0.4, -0.2) is 29.0 Å². The summed E-state index contributed by atoms with van der Waals surface area (Å²) in [5.74, 6) is 0. The highest BCUT2D eigenvalue weighted by atomic mass is 16.5. The van der Waals surface area contributed by atoms with Crippen LogP contribution in [0.1, 0.15) is 39.0 Å². The van der Waals surface area contributed by atoms with E-state index >= 15 is 0 Å². The average Bonchev–Trinajstić information content (AvgIpc) is 3.16. The molecule has 112 valence electrons. The summed E-state index contributed by atoms with van der Waals surface area (Å²) >= 11 is 0. The smallest absolute Gasteiger partial charge is 0.0670 e. The Morgan fingerprint density at radius 2 is 2.24 bits per heavy atom. The molecule has 2 N–H and O–H groups in total. The van der Waals surface area contributed by atoms with Crippen LogP contribution < -0.4 is 5.32 Å². The Hall–Kier alpha value is -1.55. The van der Waals surface area contributed by atoms with Crippen LogP contribution in [0.15, 0.2) is 24.4 Å². The minimum atomic E-state index is 0.376. The van der Waals surface area contributed by atoms with Gasteiger partial charge in [0.25, 0.3) is 0 Å². The number of hydrogen-bond acceptors (Lipinski definition) is 3. The van der Waals surface area contributed by atoms with E-state index in [4.69, 9.17) is 4.74 Å². The maximum absolute atomic E-state index is 5.99. The Labute approximate surface area is 125 Å². The molecule has 0 amide bonds. The second-order valence-electron chi connectivity index (χ2n) is 6.49. The largest absolute Gasteiger partial charge is 0.382 e. The summed E-state index contributed by atoms with van der Waals surface area (Å²) in [6.07, 6.45) is 8.80. The monoisotopic (exact) mass is 285 g/mol. The van der Waals surface area contributed by atoms with E-state index in [1.54, 1.807) is 0 Å². The highest BCUT2D eigenvalue weighted by Crippen LogP contribution is 2.55. The van der Waals surface area contributed by atoms with Gasteiger partial charge in [0.15, 0.2) is 0 Å². The van der Waals surface area contributed by atoms with Crippen LogP contribution in [0.4, 0.5) is 5.69 Å². The zero-order valence-corrected chi connectivity index (χ0v) is 12.6. The highest BCUT2D eigenvalue weighted by Gasteiger charge is 2.56. The Balaban J connectivity index is 1.53. The Kier molecular flexibility index (Phi) is 3.14. The molecule has 0 saturated heterocycles. The number of anilines is 1. The quantitative estimate of drug-likeness (QED) is 0.900. The number of nitrogens with zero attached hydrogens (tertiary/aromatic N) is 1. The average molecular weight is 285 g/mol. The molecule has 2 aliphatic rings. The Bertz CT molecular complexity index is 630. The van der Waals surface area contributed by atoms with Crippen molar-refractivity contribution >= 4 is 16.6 Å². The molecule has 2 saturated carbocycles. The second kappa shape index (κ2) is 5.02. The molecule has 4 rings (SSSR count). The van der Waals surface area contributed by atoms with Gasteiger partial charge in [0, 0.05) is 29.1 Å². The van der Waals surface area contributed by atoms with E-state index in [9.17, 15) is 0 Å². The number of benzene rings is 1. The fourth-order valence-corrected chi connectivity index (χ4v) is 4.32. The third-order valence-corrected chi connectivity index (χ3v) is 5.47. The van der Waals surface area contributed by atoms with Crippen LogP contribution in [-0.2, 0) is 4.74 Å². The van der Waals surface area contributed by atoms with E-state index in [-0.39, 0.29) is 0 Å². The molecule has 4 heteroatoms. The van der Waals surface area contributed by atoms with Crippen molar-refractivity contribution in [3.8, 4) is 0 Å². The summed E-state index contributed by atoms with van der Waals surface area (Å²) in [4.78, 5) is 0. The van der Waals surface area contributed by atoms with Gasteiger partial charge in [-0.25, -0.2) is 0 Å². The summed E-state index contributed by atoms with van der Waals surface area (Å²) in [7, 11) is 0. The van der Waals surface area contributed by atoms with Gasteiger partial charge >= 0.3 is 0 Å². The Morgan fingerprint density at radius 1 is 1.38 bits per heavy atom. The topological polar surface area (TPSA) is 49.9 Å². The number of aromatic nitrogens is 2. The molecule has 1 spiro atoms. The lowest BCUT2D eigenvalue weighted by Crippen LogP contribution is -2.60. The minimum Gasteiger partial charge on any atom is -0.382 e. The van der Waals surface area contributed by atoms with Gasteiger partial charge in [-0.3, -0.25) is 5.10 Å². The first-order valence-corrected chi connectivity index (χ1v) is 8.13. The van der Waals surface area contributed by atoms with E-state index in [0.717, 1.165) is 18.5 Å². The molecule has 2 atom stereocenters. The summed E-state index contributed by atoms with van der Waals surface area (Å²) < 4.78 is 5.99. The predicted molar refractivity (Wildman–Crippen MR) is 84.4 cm³/mol. The molecule has 2 unspecified atom stereocenters. The first kappa shape index (κ1) is 13.1. The number of ether oxygens (including phenoxy) is 1. The first-order valence-electron chi connectivity index (χ1n) is 8.13. The molecule has 0 radical (unpaired) electrons. The first-order chi connectivity index (χ1) is 10.3. The minimum absolute atomic E-state index is 0.376. The van der Waals surface area contributed by atoms with Gasteiger partial charge in [0.2, 0.25) is 0 Å². The van der Waals surface area contributed by atoms with Gasteiger partial charge in [-0.1, -0.05) is 12.8 Å². The fourth-order valence-electron chi connectivity index (χ4n) is 4.32. The molecule has 21 heavy (non-hydrogen) atoms. The lowest BCUT2D eigenvalue weighted by molar-refractivity contribution is -0.114. The normalized spacial score (nSPS) is 27.1. The zero-order chi connectivity index (χ0) is 14.3. The van der Waals surface area contributed by atoms with E-state index in [2.05, 4.69) is 40.6 Å². The van der Waals surface area contributed by atoms with E-state index in [0.29, 0.717) is 17.6 Å². The van der Waals surface area contributed by atoms with Crippen molar-refractivity contribution in [3.63, 3.8) is 0 Å². The number of nitrogens with one attached hydrogen (secondary N) is 2. The molecule has 1 aromatic carbocycles. The number of rotatable bonds is 4. The van der Waals surface area contributed by atoms with Gasteiger partial charge in [-0.2, -0.15) is 5.10 Å². The summed E-state index contributed by atoms with van der Waals surface area (Å²) in [5, 5.41) is 12.0. The van der Waals surface area contributed by atoms with Crippen molar-refractivity contribution in [2.24, 2.45) is 5.41 Å². The van der Waals surface area contributed by atoms with E-state index < -0.39 is 0 Å². The maximum atomic E-state index is 5.99. The molecular formula is C17H23N3O. The maximum Gasteiger partial charge on any atom is 0.0670 e. The van der Waals surface area contributed by atoms with Gasteiger partial charge in [-0.05, 0) is 44.4 Å². The molecule has 4 nitrogen and oxygen atoms in total. The summed E-state index contributed by atoms with van der Waals surface area (Å²) in [6.45, 7) is 2.94. The molecule has 2 aliphatic carbocycles. The summed E-state index contributed by atoms with van der Waals surface area (Å²) in [5.41, 5.74) is 2.67. The third kappa shape index (κ3) is 2.04. The van der Waals surface area contributed by atoms with Crippen molar-refractivity contribution in [2.45, 2.75) is 51.2 Å². The fraction of sp³-hybridized carbons (Fsp3) is 0.588. The molecule has 2 aromatic rings. The predicted octanol–water partition coefficient (Wildman–Crippen LogP) is 3.71. The molecular weight excluding hydrogens is 262 g/mol. The van der Waals surface area contributed by atoms with Crippen LogP contribution in [0.5, 0.6) is 0 Å². The number of aromatic amines is 1. The zero-order valence-electron chi connectivity index (χ0n) is 12.6. The van der Waals surface area contributed by atoms with Crippen LogP contribution in [0.3, 0.4) is 0 Å². The van der Waals surface area contributed by atoms with E-state index in [1.165, 1.54) is 36.8 Å².